The Kier molecular flexibility index (Phi) is 5.70. The number of nitrogens with zero attached hydrogens (tertiary/aromatic N) is 3. The SMILES string of the molecule is Nc1nc2ccc(N(CCN3CCOCC3)C(=O)Nc3ccccc3)cc2s1. The summed E-state index contributed by atoms with van der Waals surface area (Å²) in [6.07, 6.45) is 0. The molecule has 1 aliphatic rings. The Morgan fingerprint density at radius 3 is 2.79 bits per heavy atom. The summed E-state index contributed by atoms with van der Waals surface area (Å²) in [6, 6.07) is 15.1. The molecule has 3 N–H and O–H groups in total. The minimum atomic E-state index is -0.156. The minimum absolute atomic E-state index is 0.156. The van der Waals surface area contributed by atoms with Gasteiger partial charge < -0.3 is 15.8 Å². The van der Waals surface area contributed by atoms with Crippen molar-refractivity contribution in [3.63, 3.8) is 0 Å². The van der Waals surface area contributed by atoms with E-state index < -0.39 is 0 Å². The number of hydrogen-bond donors (Lipinski definition) is 2. The van der Waals surface area contributed by atoms with Crippen LogP contribution in [0.3, 0.4) is 0 Å². The number of nitrogens with one attached hydrogen (secondary N) is 1. The highest BCUT2D eigenvalue weighted by atomic mass is 32.1. The monoisotopic (exact) mass is 397 g/mol. The van der Waals surface area contributed by atoms with Crippen LogP contribution in [0.1, 0.15) is 0 Å². The van der Waals surface area contributed by atoms with Gasteiger partial charge in [0, 0.05) is 37.6 Å². The number of amides is 2. The Labute approximate surface area is 167 Å². The molecule has 0 unspecified atom stereocenters. The van der Waals surface area contributed by atoms with Crippen molar-refractivity contribution < 1.29 is 9.53 Å². The lowest BCUT2D eigenvalue weighted by molar-refractivity contribution is 0.0393. The van der Waals surface area contributed by atoms with Gasteiger partial charge in [0.1, 0.15) is 0 Å². The lowest BCUT2D eigenvalue weighted by Crippen LogP contribution is -2.44. The van der Waals surface area contributed by atoms with Crippen LogP contribution in [0.4, 0.5) is 21.3 Å². The largest absolute Gasteiger partial charge is 0.379 e. The molecule has 0 saturated carbocycles. The highest BCUT2D eigenvalue weighted by molar-refractivity contribution is 7.22. The molecular formula is C20H23N5O2S. The summed E-state index contributed by atoms with van der Waals surface area (Å²) in [5.41, 5.74) is 8.28. The van der Waals surface area contributed by atoms with E-state index in [0.29, 0.717) is 11.7 Å². The second-order valence-electron chi connectivity index (χ2n) is 6.61. The van der Waals surface area contributed by atoms with Crippen molar-refractivity contribution in [3.05, 3.63) is 48.5 Å². The number of benzene rings is 2. The summed E-state index contributed by atoms with van der Waals surface area (Å²) in [6.45, 7) is 4.62. The molecule has 146 valence electrons. The molecule has 1 fully saturated rings. The van der Waals surface area contributed by atoms with Crippen molar-refractivity contribution in [1.29, 1.82) is 0 Å². The van der Waals surface area contributed by atoms with Gasteiger partial charge in [-0.15, -0.1) is 0 Å². The number of nitrogens with two attached hydrogens (primary N) is 1. The van der Waals surface area contributed by atoms with Gasteiger partial charge in [0.25, 0.3) is 0 Å². The molecule has 0 radical (unpaired) electrons. The van der Waals surface area contributed by atoms with Crippen LogP contribution in [0, 0.1) is 0 Å². The van der Waals surface area contributed by atoms with Crippen LogP contribution in [0.5, 0.6) is 0 Å². The fourth-order valence-electron chi connectivity index (χ4n) is 3.23. The molecule has 1 saturated heterocycles. The van der Waals surface area contributed by atoms with E-state index in [0.717, 1.165) is 54.4 Å². The molecule has 0 atom stereocenters. The van der Waals surface area contributed by atoms with Crippen molar-refractivity contribution in [1.82, 2.24) is 9.88 Å². The summed E-state index contributed by atoms with van der Waals surface area (Å²) < 4.78 is 6.39. The van der Waals surface area contributed by atoms with Gasteiger partial charge in [-0.05, 0) is 30.3 Å². The molecule has 0 aliphatic carbocycles. The summed E-state index contributed by atoms with van der Waals surface area (Å²) >= 11 is 1.43. The normalized spacial score (nSPS) is 14.9. The quantitative estimate of drug-likeness (QED) is 0.690. The van der Waals surface area contributed by atoms with Gasteiger partial charge in [0.2, 0.25) is 0 Å². The first kappa shape index (κ1) is 18.7. The van der Waals surface area contributed by atoms with Crippen LogP contribution in [0.15, 0.2) is 48.5 Å². The van der Waals surface area contributed by atoms with Crippen LogP contribution in [-0.2, 0) is 4.74 Å². The standard InChI is InChI=1S/C20H23N5O2S/c21-19-23-17-7-6-16(14-18(17)28-19)25(9-8-24-10-12-27-13-11-24)20(26)22-15-4-2-1-3-5-15/h1-7,14H,8-13H2,(H2,21,23)(H,22,26). The van der Waals surface area contributed by atoms with Crippen molar-refractivity contribution in [3.8, 4) is 0 Å². The van der Waals surface area contributed by atoms with E-state index in [9.17, 15) is 4.79 Å². The smallest absolute Gasteiger partial charge is 0.326 e. The van der Waals surface area contributed by atoms with Gasteiger partial charge in [-0.25, -0.2) is 9.78 Å². The Balaban J connectivity index is 1.56. The predicted molar refractivity (Wildman–Crippen MR) is 114 cm³/mol. The molecule has 8 heteroatoms. The van der Waals surface area contributed by atoms with Gasteiger partial charge in [0.15, 0.2) is 5.13 Å². The number of hydrogen-bond acceptors (Lipinski definition) is 6. The first-order valence-electron chi connectivity index (χ1n) is 9.29. The van der Waals surface area contributed by atoms with E-state index in [2.05, 4.69) is 15.2 Å². The van der Waals surface area contributed by atoms with E-state index in [1.807, 2.05) is 48.5 Å². The Bertz CT molecular complexity index is 940. The second-order valence-corrected chi connectivity index (χ2v) is 7.67. The maximum Gasteiger partial charge on any atom is 0.326 e. The van der Waals surface area contributed by atoms with Crippen molar-refractivity contribution in [2.24, 2.45) is 0 Å². The highest BCUT2D eigenvalue weighted by Gasteiger charge is 2.19. The molecule has 2 amide bonds. The summed E-state index contributed by atoms with van der Waals surface area (Å²) in [5, 5.41) is 3.52. The molecule has 2 aromatic carbocycles. The molecule has 0 bridgehead atoms. The molecule has 28 heavy (non-hydrogen) atoms. The van der Waals surface area contributed by atoms with E-state index in [4.69, 9.17) is 10.5 Å². The second kappa shape index (κ2) is 8.55. The minimum Gasteiger partial charge on any atom is -0.379 e. The van der Waals surface area contributed by atoms with Gasteiger partial charge in [-0.2, -0.15) is 0 Å². The molecule has 1 aromatic heterocycles. The third kappa shape index (κ3) is 4.41. The number of morpholine rings is 1. The van der Waals surface area contributed by atoms with Crippen LogP contribution in [-0.4, -0.2) is 55.3 Å². The van der Waals surface area contributed by atoms with Gasteiger partial charge in [-0.1, -0.05) is 29.5 Å². The number of nitrogen functional groups attached to an aromatic ring is 1. The lowest BCUT2D eigenvalue weighted by atomic mass is 10.2. The Morgan fingerprint density at radius 1 is 1.21 bits per heavy atom. The molecule has 4 rings (SSSR count). The van der Waals surface area contributed by atoms with E-state index in [1.54, 1.807) is 4.90 Å². The van der Waals surface area contributed by atoms with Crippen molar-refractivity contribution in [2.45, 2.75) is 0 Å². The summed E-state index contributed by atoms with van der Waals surface area (Å²) in [4.78, 5) is 21.5. The molecular weight excluding hydrogens is 374 g/mol. The van der Waals surface area contributed by atoms with Gasteiger partial charge in [-0.3, -0.25) is 9.80 Å². The molecule has 1 aliphatic heterocycles. The summed E-state index contributed by atoms with van der Waals surface area (Å²) in [7, 11) is 0. The number of ether oxygens (including phenoxy) is 1. The Morgan fingerprint density at radius 2 is 2.00 bits per heavy atom. The van der Waals surface area contributed by atoms with Crippen molar-refractivity contribution in [2.75, 3.05) is 55.3 Å². The topological polar surface area (TPSA) is 83.7 Å². The molecule has 7 nitrogen and oxygen atoms in total. The number of rotatable bonds is 5. The number of carbonyl (C=O) groups is 1. The highest BCUT2D eigenvalue weighted by Crippen LogP contribution is 2.28. The molecule has 2 heterocycles. The fourth-order valence-corrected chi connectivity index (χ4v) is 3.99. The van der Waals surface area contributed by atoms with Gasteiger partial charge >= 0.3 is 6.03 Å². The number of urea groups is 1. The average Bonchev–Trinajstić information content (AvgIpc) is 3.09. The maximum absolute atomic E-state index is 13.1. The Hall–Kier alpha value is -2.68. The fraction of sp³-hybridized carbons (Fsp3) is 0.300. The third-order valence-electron chi connectivity index (χ3n) is 4.71. The average molecular weight is 398 g/mol. The zero-order valence-corrected chi connectivity index (χ0v) is 16.3. The summed E-state index contributed by atoms with van der Waals surface area (Å²) in [5.74, 6) is 0. The van der Waals surface area contributed by atoms with Crippen LogP contribution >= 0.6 is 11.3 Å². The predicted octanol–water partition coefficient (Wildman–Crippen LogP) is 3.25. The number of para-hydroxylation sites is 1. The van der Waals surface area contributed by atoms with Crippen LogP contribution < -0.4 is 16.0 Å². The first-order valence-corrected chi connectivity index (χ1v) is 10.1. The van der Waals surface area contributed by atoms with Crippen LogP contribution in [0.2, 0.25) is 0 Å². The number of anilines is 3. The van der Waals surface area contributed by atoms with Crippen molar-refractivity contribution >= 4 is 44.1 Å². The van der Waals surface area contributed by atoms with Gasteiger partial charge in [0.05, 0.1) is 23.4 Å². The van der Waals surface area contributed by atoms with Crippen LogP contribution in [0.25, 0.3) is 10.2 Å². The van der Waals surface area contributed by atoms with E-state index >= 15 is 0 Å². The first-order chi connectivity index (χ1) is 13.7. The zero-order chi connectivity index (χ0) is 19.3. The van der Waals surface area contributed by atoms with E-state index in [-0.39, 0.29) is 6.03 Å². The number of aromatic nitrogens is 1. The zero-order valence-electron chi connectivity index (χ0n) is 15.5. The molecule has 0 spiro atoms. The maximum atomic E-state index is 13.1. The number of carbonyl (C=O) groups excluding carboxylic acids is 1. The third-order valence-corrected chi connectivity index (χ3v) is 5.56. The lowest BCUT2D eigenvalue weighted by Gasteiger charge is -2.30. The number of thiazole rings is 1. The number of fused-ring (bicyclic) bond motifs is 1. The van der Waals surface area contributed by atoms with E-state index in [1.165, 1.54) is 11.3 Å². The molecule has 3 aromatic rings.